The quantitative estimate of drug-likeness (QED) is 0.769. The van der Waals surface area contributed by atoms with Crippen LogP contribution in [0, 0.1) is 0 Å². The lowest BCUT2D eigenvalue weighted by Crippen LogP contribution is -2.48. The van der Waals surface area contributed by atoms with Gasteiger partial charge in [0.05, 0.1) is 35.3 Å². The maximum atomic E-state index is 12.8. The van der Waals surface area contributed by atoms with Gasteiger partial charge in [-0.3, -0.25) is 9.48 Å². The van der Waals surface area contributed by atoms with Gasteiger partial charge in [0, 0.05) is 45.5 Å². The number of anilines is 2. The summed E-state index contributed by atoms with van der Waals surface area (Å²) in [5, 5.41) is 4.54. The van der Waals surface area contributed by atoms with Gasteiger partial charge in [0.1, 0.15) is 5.75 Å². The third-order valence-corrected chi connectivity index (χ3v) is 4.50. The first-order valence-electron chi connectivity index (χ1n) is 7.65. The molecule has 0 radical (unpaired) electrons. The van der Waals surface area contributed by atoms with Gasteiger partial charge in [-0.15, -0.1) is 24.8 Å². The summed E-state index contributed by atoms with van der Waals surface area (Å²) in [6.07, 6.45) is 3.81. The maximum Gasteiger partial charge on any atom is 0.257 e. The molecule has 1 aliphatic rings. The number of carbonyl (C=O) groups is 1. The Labute approximate surface area is 169 Å². The molecule has 10 heteroatoms. The van der Waals surface area contributed by atoms with Crippen molar-refractivity contribution in [3.63, 3.8) is 0 Å². The number of nitrogens with zero attached hydrogens (tertiary/aromatic N) is 4. The fraction of sp³-hybridized carbons (Fsp3) is 0.375. The summed E-state index contributed by atoms with van der Waals surface area (Å²) in [4.78, 5) is 16.8. The number of carbonyl (C=O) groups excluding carboxylic acids is 1. The van der Waals surface area contributed by atoms with E-state index >= 15 is 0 Å². The van der Waals surface area contributed by atoms with Crippen molar-refractivity contribution in [3.8, 4) is 5.75 Å². The Hall–Kier alpha value is -1.83. The van der Waals surface area contributed by atoms with E-state index in [1.807, 2.05) is 19.4 Å². The van der Waals surface area contributed by atoms with Crippen LogP contribution in [-0.4, -0.2) is 53.9 Å². The minimum Gasteiger partial charge on any atom is -0.496 e. The van der Waals surface area contributed by atoms with Crippen LogP contribution in [0.4, 0.5) is 11.4 Å². The zero-order chi connectivity index (χ0) is 17.3. The van der Waals surface area contributed by atoms with Crippen LogP contribution in [-0.2, 0) is 7.05 Å². The average molecular weight is 423 g/mol. The second-order valence-corrected chi connectivity index (χ2v) is 6.13. The average Bonchev–Trinajstić information content (AvgIpc) is 3.03. The number of nitrogens with two attached hydrogens (primary N) is 1. The molecule has 2 heterocycles. The van der Waals surface area contributed by atoms with E-state index in [4.69, 9.17) is 22.1 Å². The fourth-order valence-corrected chi connectivity index (χ4v) is 2.98. The molecule has 0 bridgehead atoms. The number of aromatic nitrogens is 2. The van der Waals surface area contributed by atoms with Crippen LogP contribution in [0.15, 0.2) is 24.5 Å². The number of methoxy groups -OCH3 is 1. The molecule has 0 unspecified atom stereocenters. The number of nitrogen functional groups attached to an aromatic ring is 1. The predicted octanol–water partition coefficient (Wildman–Crippen LogP) is 2.47. The summed E-state index contributed by atoms with van der Waals surface area (Å²) in [7, 11) is 3.40. The lowest BCUT2D eigenvalue weighted by atomic mass is 10.1. The van der Waals surface area contributed by atoms with Crippen LogP contribution in [0.25, 0.3) is 0 Å². The number of piperazine rings is 1. The summed E-state index contributed by atoms with van der Waals surface area (Å²) < 4.78 is 7.05. The summed E-state index contributed by atoms with van der Waals surface area (Å²) >= 11 is 6.06. The highest BCUT2D eigenvalue weighted by atomic mass is 35.5. The van der Waals surface area contributed by atoms with Crippen LogP contribution in [0.2, 0.25) is 5.02 Å². The van der Waals surface area contributed by atoms with Crippen LogP contribution in [0.5, 0.6) is 5.75 Å². The van der Waals surface area contributed by atoms with Crippen molar-refractivity contribution in [2.75, 3.05) is 43.9 Å². The van der Waals surface area contributed by atoms with Crippen LogP contribution < -0.4 is 15.4 Å². The van der Waals surface area contributed by atoms with E-state index in [1.165, 1.54) is 7.11 Å². The molecule has 0 atom stereocenters. The molecule has 3 rings (SSSR count). The molecular formula is C16H22Cl3N5O2. The molecule has 0 aliphatic carbocycles. The third-order valence-electron chi connectivity index (χ3n) is 4.17. The van der Waals surface area contributed by atoms with Crippen molar-refractivity contribution in [1.29, 1.82) is 0 Å². The number of amides is 1. The lowest BCUT2D eigenvalue weighted by Gasteiger charge is -2.35. The molecule has 7 nitrogen and oxygen atoms in total. The fourth-order valence-electron chi connectivity index (χ4n) is 2.81. The van der Waals surface area contributed by atoms with Gasteiger partial charge in [-0.25, -0.2) is 0 Å². The molecule has 26 heavy (non-hydrogen) atoms. The van der Waals surface area contributed by atoms with Crippen molar-refractivity contribution >= 4 is 53.7 Å². The topological polar surface area (TPSA) is 76.6 Å². The molecule has 1 aromatic carbocycles. The van der Waals surface area contributed by atoms with Gasteiger partial charge < -0.3 is 20.3 Å². The smallest absolute Gasteiger partial charge is 0.257 e. The van der Waals surface area contributed by atoms with Gasteiger partial charge in [0.25, 0.3) is 5.91 Å². The standard InChI is InChI=1S/C16H20ClN5O2.2ClH/c1-20-10-11(9-19-20)21-3-5-22(6-4-21)16(23)12-7-13(17)14(18)8-15(12)24-2;;/h7-10H,3-6,18H2,1-2H3;2*1H. The minimum atomic E-state index is -0.0976. The van der Waals surface area contributed by atoms with E-state index in [0.717, 1.165) is 18.8 Å². The van der Waals surface area contributed by atoms with Crippen molar-refractivity contribution in [2.45, 2.75) is 0 Å². The van der Waals surface area contributed by atoms with E-state index in [-0.39, 0.29) is 30.7 Å². The Bertz CT molecular complexity index is 760. The largest absolute Gasteiger partial charge is 0.496 e. The number of ether oxygens (including phenoxy) is 1. The normalized spacial score (nSPS) is 13.7. The zero-order valence-corrected chi connectivity index (χ0v) is 16.9. The molecule has 2 N–H and O–H groups in total. The highest BCUT2D eigenvalue weighted by Crippen LogP contribution is 2.30. The number of hydrogen-bond acceptors (Lipinski definition) is 5. The maximum absolute atomic E-state index is 12.8. The van der Waals surface area contributed by atoms with Gasteiger partial charge >= 0.3 is 0 Å². The highest BCUT2D eigenvalue weighted by molar-refractivity contribution is 6.33. The molecule has 1 amide bonds. The monoisotopic (exact) mass is 421 g/mol. The third kappa shape index (κ3) is 4.47. The predicted molar refractivity (Wildman–Crippen MR) is 108 cm³/mol. The molecule has 1 aromatic heterocycles. The summed E-state index contributed by atoms with van der Waals surface area (Å²) in [6, 6.07) is 3.16. The molecule has 1 fully saturated rings. The molecule has 2 aromatic rings. The van der Waals surface area contributed by atoms with Gasteiger partial charge in [-0.2, -0.15) is 5.10 Å². The van der Waals surface area contributed by atoms with E-state index in [2.05, 4.69) is 10.00 Å². The van der Waals surface area contributed by atoms with E-state index in [9.17, 15) is 4.79 Å². The molecule has 0 spiro atoms. The van der Waals surface area contributed by atoms with Gasteiger partial charge in [-0.1, -0.05) is 11.6 Å². The SMILES string of the molecule is COc1cc(N)c(Cl)cc1C(=O)N1CCN(c2cnn(C)c2)CC1.Cl.Cl. The second-order valence-electron chi connectivity index (χ2n) is 5.73. The summed E-state index contributed by atoms with van der Waals surface area (Å²) in [5.74, 6) is 0.344. The van der Waals surface area contributed by atoms with Crippen molar-refractivity contribution in [1.82, 2.24) is 14.7 Å². The second kappa shape index (κ2) is 9.21. The molecule has 1 aliphatic heterocycles. The van der Waals surface area contributed by atoms with Crippen LogP contribution >= 0.6 is 36.4 Å². The lowest BCUT2D eigenvalue weighted by molar-refractivity contribution is 0.0743. The zero-order valence-electron chi connectivity index (χ0n) is 14.5. The van der Waals surface area contributed by atoms with Gasteiger partial charge in [-0.05, 0) is 6.07 Å². The van der Waals surface area contributed by atoms with Gasteiger partial charge in [0.15, 0.2) is 0 Å². The van der Waals surface area contributed by atoms with Crippen molar-refractivity contribution in [2.24, 2.45) is 7.05 Å². The van der Waals surface area contributed by atoms with E-state index in [1.54, 1.807) is 21.7 Å². The summed E-state index contributed by atoms with van der Waals surface area (Å²) in [5.41, 5.74) is 7.68. The number of aryl methyl sites for hydroxylation is 1. The summed E-state index contributed by atoms with van der Waals surface area (Å²) in [6.45, 7) is 2.75. The molecular weight excluding hydrogens is 401 g/mol. The Morgan fingerprint density at radius 1 is 1.23 bits per heavy atom. The van der Waals surface area contributed by atoms with Crippen LogP contribution in [0.3, 0.4) is 0 Å². The number of benzene rings is 1. The Morgan fingerprint density at radius 3 is 2.42 bits per heavy atom. The molecule has 0 saturated carbocycles. The van der Waals surface area contributed by atoms with Crippen LogP contribution in [0.1, 0.15) is 10.4 Å². The van der Waals surface area contributed by atoms with E-state index < -0.39 is 0 Å². The Morgan fingerprint density at radius 2 is 1.88 bits per heavy atom. The minimum absolute atomic E-state index is 0. The van der Waals surface area contributed by atoms with Crippen molar-refractivity contribution in [3.05, 3.63) is 35.1 Å². The highest BCUT2D eigenvalue weighted by Gasteiger charge is 2.25. The molecule has 1 saturated heterocycles. The first-order chi connectivity index (χ1) is 11.5. The Balaban J connectivity index is 0.00000169. The number of halogens is 3. The molecule has 144 valence electrons. The first kappa shape index (κ1) is 22.2. The number of hydrogen-bond donors (Lipinski definition) is 1. The van der Waals surface area contributed by atoms with Crippen molar-refractivity contribution < 1.29 is 9.53 Å². The van der Waals surface area contributed by atoms with E-state index in [0.29, 0.717) is 35.1 Å². The Kier molecular flexibility index (Phi) is 7.87. The number of rotatable bonds is 3. The first-order valence-corrected chi connectivity index (χ1v) is 8.03. The van der Waals surface area contributed by atoms with Gasteiger partial charge in [0.2, 0.25) is 0 Å².